The maximum atomic E-state index is 12.5. The van der Waals surface area contributed by atoms with Crippen molar-refractivity contribution in [1.29, 1.82) is 0 Å². The molecule has 0 aliphatic carbocycles. The van der Waals surface area contributed by atoms with Crippen LogP contribution in [0, 0.1) is 5.92 Å². The number of hydrogen-bond donors (Lipinski definition) is 4. The van der Waals surface area contributed by atoms with Gasteiger partial charge in [-0.2, -0.15) is 0 Å². The van der Waals surface area contributed by atoms with Gasteiger partial charge < -0.3 is 31.2 Å². The quantitative estimate of drug-likeness (QED) is 0.391. The van der Waals surface area contributed by atoms with E-state index >= 15 is 0 Å². The summed E-state index contributed by atoms with van der Waals surface area (Å²) in [6, 6.07) is 11.4. The summed E-state index contributed by atoms with van der Waals surface area (Å²) in [5.41, 5.74) is 6.74. The van der Waals surface area contributed by atoms with Crippen LogP contribution in [-0.4, -0.2) is 42.2 Å². The number of fused-ring (bicyclic) bond motifs is 1. The third-order valence-electron chi connectivity index (χ3n) is 4.93. The monoisotopic (exact) mass is 452 g/mol. The molecule has 2 aromatic carbocycles. The Balaban J connectivity index is 1.78. The van der Waals surface area contributed by atoms with E-state index in [0.29, 0.717) is 34.3 Å². The molecule has 0 radical (unpaired) electrons. The lowest BCUT2D eigenvalue weighted by Gasteiger charge is -2.21. The molecule has 10 nitrogen and oxygen atoms in total. The van der Waals surface area contributed by atoms with E-state index in [1.165, 1.54) is 14.2 Å². The van der Waals surface area contributed by atoms with Crippen molar-refractivity contribution in [2.45, 2.75) is 26.4 Å². The smallest absolute Gasteiger partial charge is 0.319 e. The van der Waals surface area contributed by atoms with Gasteiger partial charge in [-0.15, -0.1) is 0 Å². The van der Waals surface area contributed by atoms with Gasteiger partial charge in [0, 0.05) is 29.3 Å². The number of carbonyl (C=O) groups excluding carboxylic acids is 2. The first-order valence-electron chi connectivity index (χ1n) is 10.4. The van der Waals surface area contributed by atoms with E-state index in [-0.39, 0.29) is 12.5 Å². The highest BCUT2D eigenvalue weighted by Crippen LogP contribution is 2.26. The van der Waals surface area contributed by atoms with Gasteiger partial charge in [0.1, 0.15) is 23.4 Å². The highest BCUT2D eigenvalue weighted by molar-refractivity contribution is 5.92. The number of urea groups is 1. The molecule has 0 saturated heterocycles. The summed E-state index contributed by atoms with van der Waals surface area (Å²) in [6.07, 6.45) is 0. The Hall–Kier alpha value is -4.08. The van der Waals surface area contributed by atoms with Crippen molar-refractivity contribution in [3.63, 3.8) is 0 Å². The fourth-order valence-corrected chi connectivity index (χ4v) is 3.24. The molecule has 33 heavy (non-hydrogen) atoms. The van der Waals surface area contributed by atoms with Crippen LogP contribution in [0.4, 0.5) is 16.3 Å². The molecular weight excluding hydrogens is 424 g/mol. The van der Waals surface area contributed by atoms with Gasteiger partial charge in [0.15, 0.2) is 5.82 Å². The summed E-state index contributed by atoms with van der Waals surface area (Å²) >= 11 is 0. The number of amides is 3. The Kier molecular flexibility index (Phi) is 7.50. The van der Waals surface area contributed by atoms with Crippen LogP contribution in [0.2, 0.25) is 0 Å². The van der Waals surface area contributed by atoms with Crippen LogP contribution in [0.25, 0.3) is 10.9 Å². The first-order valence-corrected chi connectivity index (χ1v) is 10.4. The molecule has 0 unspecified atom stereocenters. The Bertz CT molecular complexity index is 1130. The van der Waals surface area contributed by atoms with Crippen molar-refractivity contribution in [2.75, 3.05) is 24.9 Å². The van der Waals surface area contributed by atoms with Crippen LogP contribution >= 0.6 is 0 Å². The van der Waals surface area contributed by atoms with Crippen LogP contribution in [0.3, 0.4) is 0 Å². The van der Waals surface area contributed by atoms with E-state index in [4.69, 9.17) is 15.2 Å². The Morgan fingerprint density at radius 3 is 2.30 bits per heavy atom. The minimum atomic E-state index is -0.601. The van der Waals surface area contributed by atoms with Gasteiger partial charge in [-0.1, -0.05) is 26.0 Å². The van der Waals surface area contributed by atoms with Crippen molar-refractivity contribution >= 4 is 34.3 Å². The second kappa shape index (κ2) is 10.5. The number of aromatic nitrogens is 2. The summed E-state index contributed by atoms with van der Waals surface area (Å²) < 4.78 is 10.4. The first kappa shape index (κ1) is 23.6. The summed E-state index contributed by atoms with van der Waals surface area (Å²) in [7, 11) is 3.06. The molecule has 0 saturated carbocycles. The fourth-order valence-electron chi connectivity index (χ4n) is 3.24. The molecule has 1 atom stereocenters. The van der Waals surface area contributed by atoms with Gasteiger partial charge in [0.2, 0.25) is 5.91 Å². The maximum absolute atomic E-state index is 12.5. The first-order chi connectivity index (χ1) is 15.8. The van der Waals surface area contributed by atoms with Crippen molar-refractivity contribution in [3.8, 4) is 11.5 Å². The number of benzene rings is 2. The minimum Gasteiger partial charge on any atom is -0.497 e. The number of rotatable bonds is 9. The molecule has 0 aliphatic heterocycles. The van der Waals surface area contributed by atoms with E-state index in [1.54, 1.807) is 18.2 Å². The third kappa shape index (κ3) is 6.00. The summed E-state index contributed by atoms with van der Waals surface area (Å²) in [4.78, 5) is 33.4. The average molecular weight is 453 g/mol. The zero-order chi connectivity index (χ0) is 24.0. The summed E-state index contributed by atoms with van der Waals surface area (Å²) in [5, 5.41) is 9.35. The number of ether oxygens (including phenoxy) is 2. The molecule has 0 fully saturated rings. The number of nitrogens with zero attached hydrogens (tertiary/aromatic N) is 2. The zero-order valence-corrected chi connectivity index (χ0v) is 19.0. The largest absolute Gasteiger partial charge is 0.497 e. The molecule has 3 amide bonds. The minimum absolute atomic E-state index is 0.0385. The predicted molar refractivity (Wildman–Crippen MR) is 126 cm³/mol. The van der Waals surface area contributed by atoms with Crippen molar-refractivity contribution in [3.05, 3.63) is 48.3 Å². The number of nitrogens with one attached hydrogen (secondary N) is 3. The average Bonchev–Trinajstić information content (AvgIpc) is 2.80. The van der Waals surface area contributed by atoms with Crippen LogP contribution < -0.4 is 31.2 Å². The summed E-state index contributed by atoms with van der Waals surface area (Å²) in [5.74, 6) is 1.44. The van der Waals surface area contributed by atoms with Crippen molar-refractivity contribution < 1.29 is 19.1 Å². The highest BCUT2D eigenvalue weighted by Gasteiger charge is 2.21. The zero-order valence-electron chi connectivity index (χ0n) is 19.0. The lowest BCUT2D eigenvalue weighted by atomic mass is 10.0. The van der Waals surface area contributed by atoms with Crippen LogP contribution in [-0.2, 0) is 11.3 Å². The molecule has 3 aromatic rings. The molecule has 3 rings (SSSR count). The van der Waals surface area contributed by atoms with E-state index in [1.807, 2.05) is 38.1 Å². The third-order valence-corrected chi connectivity index (χ3v) is 4.93. The Morgan fingerprint density at radius 2 is 1.70 bits per heavy atom. The normalized spacial score (nSPS) is 11.7. The van der Waals surface area contributed by atoms with Gasteiger partial charge >= 0.3 is 6.03 Å². The van der Waals surface area contributed by atoms with Crippen molar-refractivity contribution in [1.82, 2.24) is 15.3 Å². The number of primary amides is 1. The molecule has 174 valence electrons. The number of hydrogen-bond acceptors (Lipinski definition) is 7. The maximum Gasteiger partial charge on any atom is 0.319 e. The fraction of sp³-hybridized carbons (Fsp3) is 0.304. The van der Waals surface area contributed by atoms with Gasteiger partial charge in [-0.3, -0.25) is 4.79 Å². The second-order valence-corrected chi connectivity index (χ2v) is 7.68. The second-order valence-electron chi connectivity index (χ2n) is 7.68. The molecule has 5 N–H and O–H groups in total. The molecule has 1 aromatic heterocycles. The Morgan fingerprint density at radius 1 is 1.03 bits per heavy atom. The molecule has 1 heterocycles. The number of para-hydroxylation sites is 1. The summed E-state index contributed by atoms with van der Waals surface area (Å²) in [6.45, 7) is 3.85. The lowest BCUT2D eigenvalue weighted by molar-refractivity contribution is -0.119. The number of nitrogens with two attached hydrogens (primary N) is 1. The van der Waals surface area contributed by atoms with Gasteiger partial charge in [0.25, 0.3) is 0 Å². The standard InChI is InChI=1S/C23H28N6O4/c1-13(2)20(21(24)30)29-22-17-7-5-6-8-18(17)27-19(28-22)12-25-23(31)26-14-9-15(32-3)11-16(10-14)33-4/h5-11,13,20H,12H2,1-4H3,(H2,24,30)(H2,25,26,31)(H,27,28,29)/t20-/m0/s1. The molecule has 0 spiro atoms. The van der Waals surface area contributed by atoms with E-state index in [2.05, 4.69) is 25.9 Å². The predicted octanol–water partition coefficient (Wildman–Crippen LogP) is 2.89. The number of carbonyl (C=O) groups is 2. The van der Waals surface area contributed by atoms with Crippen LogP contribution in [0.15, 0.2) is 42.5 Å². The van der Waals surface area contributed by atoms with Crippen LogP contribution in [0.1, 0.15) is 19.7 Å². The highest BCUT2D eigenvalue weighted by atomic mass is 16.5. The van der Waals surface area contributed by atoms with Crippen molar-refractivity contribution in [2.24, 2.45) is 11.7 Å². The SMILES string of the molecule is COc1cc(NC(=O)NCc2nc(N[C@H](C(N)=O)C(C)C)c3ccccc3n2)cc(OC)c1. The van der Waals surface area contributed by atoms with Gasteiger partial charge in [0.05, 0.1) is 26.3 Å². The van der Waals surface area contributed by atoms with Gasteiger partial charge in [-0.25, -0.2) is 14.8 Å². The number of methoxy groups -OCH3 is 2. The molecule has 0 bridgehead atoms. The lowest BCUT2D eigenvalue weighted by Crippen LogP contribution is -2.40. The molecular formula is C23H28N6O4. The Labute approximate surface area is 191 Å². The molecule has 0 aliphatic rings. The number of anilines is 2. The van der Waals surface area contributed by atoms with E-state index in [0.717, 1.165) is 5.39 Å². The van der Waals surface area contributed by atoms with E-state index < -0.39 is 18.0 Å². The van der Waals surface area contributed by atoms with Crippen LogP contribution in [0.5, 0.6) is 11.5 Å². The van der Waals surface area contributed by atoms with E-state index in [9.17, 15) is 9.59 Å². The topological polar surface area (TPSA) is 140 Å². The molecule has 10 heteroatoms. The van der Waals surface area contributed by atoms with Gasteiger partial charge in [-0.05, 0) is 18.1 Å².